The summed E-state index contributed by atoms with van der Waals surface area (Å²) in [4.78, 5) is 7.50. The second-order valence-electron chi connectivity index (χ2n) is 1.65. The molecule has 0 aromatic heterocycles. The van der Waals surface area contributed by atoms with Crippen molar-refractivity contribution in [2.45, 2.75) is 6.92 Å². The maximum Gasteiger partial charge on any atom is -0.0398 e. The Hall–Kier alpha value is -0.890. The summed E-state index contributed by atoms with van der Waals surface area (Å²) >= 11 is 0. The van der Waals surface area contributed by atoms with Crippen molar-refractivity contribution in [1.82, 2.24) is 0 Å². The molecule has 0 saturated heterocycles. The Morgan fingerprint density at radius 2 is 1.50 bits per heavy atom. The van der Waals surface area contributed by atoms with Gasteiger partial charge in [0.1, 0.15) is 0 Å². The Morgan fingerprint density at radius 3 is 1.70 bits per heavy atom. The van der Waals surface area contributed by atoms with Crippen LogP contribution in [0.4, 0.5) is 0 Å². The molecule has 0 unspecified atom stereocenters. The zero-order chi connectivity index (χ0) is 7.11. The molecule has 0 amide bonds. The molecular weight excluding hydrogens is 150 g/mol. The van der Waals surface area contributed by atoms with Gasteiger partial charge in [-0.25, -0.2) is 0 Å². The zero-order valence-electron chi connectivity index (χ0n) is 5.70. The molecule has 1 aromatic rings. The van der Waals surface area contributed by atoms with Gasteiger partial charge in [-0.15, -0.1) is 12.4 Å². The number of halogens is 1. The van der Waals surface area contributed by atoms with Crippen LogP contribution in [0.2, 0.25) is 0 Å². The highest BCUT2D eigenvalue weighted by Crippen LogP contribution is 1.92. The maximum absolute atomic E-state index is 7.50. The molecule has 1 aromatic carbocycles. The second kappa shape index (κ2) is 8.11. The zero-order valence-corrected chi connectivity index (χ0v) is 6.52. The number of hydrogen-bond donors (Lipinski definition) is 1. The number of nitroso groups, excluding NO2 is 1. The Balaban J connectivity index is 0. The van der Waals surface area contributed by atoms with E-state index >= 15 is 0 Å². The molecule has 0 atom stereocenters. The molecule has 2 nitrogen and oxygen atoms in total. The number of hydrogen-bond acceptors (Lipinski definition) is 2. The SMILES string of the molecule is Cc1ccccc1.Cl.N=O. The first-order chi connectivity index (χ1) is 4.39. The van der Waals surface area contributed by atoms with Crippen molar-refractivity contribution in [2.24, 2.45) is 0 Å². The van der Waals surface area contributed by atoms with E-state index in [1.807, 2.05) is 18.2 Å². The number of nitrogens with one attached hydrogen (secondary N) is 1. The molecule has 0 saturated carbocycles. The highest BCUT2D eigenvalue weighted by Gasteiger charge is 1.72. The van der Waals surface area contributed by atoms with E-state index in [2.05, 4.69) is 24.7 Å². The highest BCUT2D eigenvalue weighted by molar-refractivity contribution is 5.85. The molecule has 0 bridgehead atoms. The lowest BCUT2D eigenvalue weighted by Gasteiger charge is -1.82. The summed E-state index contributed by atoms with van der Waals surface area (Å²) in [6, 6.07) is 10.3. The van der Waals surface area contributed by atoms with Crippen molar-refractivity contribution in [3.05, 3.63) is 40.8 Å². The molecule has 0 heterocycles. The van der Waals surface area contributed by atoms with E-state index in [0.717, 1.165) is 0 Å². The van der Waals surface area contributed by atoms with Crippen molar-refractivity contribution in [2.75, 3.05) is 0 Å². The number of benzene rings is 1. The van der Waals surface area contributed by atoms with E-state index in [0.29, 0.717) is 0 Å². The van der Waals surface area contributed by atoms with E-state index in [1.165, 1.54) is 5.56 Å². The summed E-state index contributed by atoms with van der Waals surface area (Å²) in [5.74, 6) is 0. The largest absolute Gasteiger partial charge is 0.154 e. The highest BCUT2D eigenvalue weighted by atomic mass is 35.5. The van der Waals surface area contributed by atoms with Crippen LogP contribution in [0.15, 0.2) is 30.3 Å². The molecule has 0 radical (unpaired) electrons. The van der Waals surface area contributed by atoms with Gasteiger partial charge in [-0.1, -0.05) is 41.5 Å². The first-order valence-electron chi connectivity index (χ1n) is 2.61. The van der Waals surface area contributed by atoms with Crippen LogP contribution in [0.1, 0.15) is 5.56 Å². The molecular formula is C7H10ClNO. The van der Waals surface area contributed by atoms with Crippen LogP contribution in [0.5, 0.6) is 0 Å². The Morgan fingerprint density at radius 1 is 1.10 bits per heavy atom. The fourth-order valence-electron chi connectivity index (χ4n) is 0.534. The van der Waals surface area contributed by atoms with Gasteiger partial charge in [0.15, 0.2) is 0 Å². The summed E-state index contributed by atoms with van der Waals surface area (Å²) in [6.45, 7) is 2.08. The van der Waals surface area contributed by atoms with Crippen LogP contribution >= 0.6 is 12.4 Å². The quantitative estimate of drug-likeness (QED) is 0.581. The van der Waals surface area contributed by atoms with Crippen molar-refractivity contribution in [1.29, 1.82) is 5.59 Å². The third-order valence-corrected chi connectivity index (χ3v) is 0.940. The Kier molecular flexibility index (Phi) is 9.61. The van der Waals surface area contributed by atoms with Crippen molar-refractivity contribution < 1.29 is 0 Å². The van der Waals surface area contributed by atoms with Gasteiger partial charge < -0.3 is 0 Å². The van der Waals surface area contributed by atoms with E-state index < -0.39 is 0 Å². The van der Waals surface area contributed by atoms with Crippen LogP contribution in [0.3, 0.4) is 0 Å². The smallest absolute Gasteiger partial charge is 0.0398 e. The number of aryl methyl sites for hydroxylation is 1. The van der Waals surface area contributed by atoms with Gasteiger partial charge in [-0.05, 0) is 6.92 Å². The molecule has 56 valence electrons. The second-order valence-corrected chi connectivity index (χ2v) is 1.65. The molecule has 1 N–H and O–H groups in total. The molecule has 3 heteroatoms. The van der Waals surface area contributed by atoms with E-state index in [4.69, 9.17) is 4.91 Å². The van der Waals surface area contributed by atoms with Gasteiger partial charge >= 0.3 is 0 Å². The minimum absolute atomic E-state index is 0. The first-order valence-corrected chi connectivity index (χ1v) is 2.61. The molecule has 0 aliphatic carbocycles. The third kappa shape index (κ3) is 5.25. The lowest BCUT2D eigenvalue weighted by atomic mass is 10.2. The molecule has 10 heavy (non-hydrogen) atoms. The van der Waals surface area contributed by atoms with Gasteiger partial charge in [0, 0.05) is 0 Å². The van der Waals surface area contributed by atoms with Crippen LogP contribution in [0, 0.1) is 17.4 Å². The normalized spacial score (nSPS) is 6.50. The van der Waals surface area contributed by atoms with E-state index in [-0.39, 0.29) is 12.4 Å². The summed E-state index contributed by atoms with van der Waals surface area (Å²) in [6.07, 6.45) is 0. The molecule has 1 rings (SSSR count). The monoisotopic (exact) mass is 159 g/mol. The fraction of sp³-hybridized carbons (Fsp3) is 0.143. The third-order valence-electron chi connectivity index (χ3n) is 0.940. The van der Waals surface area contributed by atoms with Gasteiger partial charge in [0.2, 0.25) is 0 Å². The minimum Gasteiger partial charge on any atom is -0.154 e. The van der Waals surface area contributed by atoms with Gasteiger partial charge in [0.05, 0.1) is 0 Å². The molecule has 0 aliphatic heterocycles. The summed E-state index contributed by atoms with van der Waals surface area (Å²) in [7, 11) is 0. The average Bonchev–Trinajstić information content (AvgIpc) is 1.94. The molecule has 0 spiro atoms. The Bertz CT molecular complexity index is 155. The van der Waals surface area contributed by atoms with Crippen molar-refractivity contribution in [3.8, 4) is 0 Å². The fourth-order valence-corrected chi connectivity index (χ4v) is 0.534. The summed E-state index contributed by atoms with van der Waals surface area (Å²) in [5, 5.41) is 0. The van der Waals surface area contributed by atoms with Crippen LogP contribution in [-0.2, 0) is 0 Å². The van der Waals surface area contributed by atoms with Crippen LogP contribution in [-0.4, -0.2) is 0 Å². The predicted octanol–water partition coefficient (Wildman–Crippen LogP) is 2.75. The summed E-state index contributed by atoms with van der Waals surface area (Å²) in [5.41, 5.74) is 5.82. The minimum atomic E-state index is 0. The maximum atomic E-state index is 7.50. The topological polar surface area (TPSA) is 40.9 Å². The Labute approximate surface area is 66.4 Å². The van der Waals surface area contributed by atoms with Gasteiger partial charge in [-0.3, -0.25) is 0 Å². The van der Waals surface area contributed by atoms with E-state index in [1.54, 1.807) is 0 Å². The lowest BCUT2D eigenvalue weighted by Crippen LogP contribution is -1.62. The first kappa shape index (κ1) is 11.9. The van der Waals surface area contributed by atoms with E-state index in [9.17, 15) is 0 Å². The van der Waals surface area contributed by atoms with Gasteiger partial charge in [-0.2, -0.15) is 4.91 Å². The van der Waals surface area contributed by atoms with Gasteiger partial charge in [0.25, 0.3) is 0 Å². The van der Waals surface area contributed by atoms with Crippen molar-refractivity contribution in [3.63, 3.8) is 0 Å². The molecule has 0 aliphatic rings. The lowest BCUT2D eigenvalue weighted by molar-refractivity contribution is 1.48. The number of rotatable bonds is 0. The predicted molar refractivity (Wildman–Crippen MR) is 44.5 cm³/mol. The van der Waals surface area contributed by atoms with Crippen LogP contribution < -0.4 is 0 Å². The summed E-state index contributed by atoms with van der Waals surface area (Å²) < 4.78 is 0. The van der Waals surface area contributed by atoms with Crippen molar-refractivity contribution >= 4 is 12.4 Å². The standard InChI is InChI=1S/C7H8.ClH.HNO/c1-7-5-3-2-4-6-7;;1-2/h2-6H,1H3;1H;1H. The average molecular weight is 160 g/mol. The molecule has 0 fully saturated rings. The van der Waals surface area contributed by atoms with Crippen LogP contribution in [0.25, 0.3) is 0 Å².